The highest BCUT2D eigenvalue weighted by molar-refractivity contribution is 7.99. The minimum atomic E-state index is -4.24. The lowest BCUT2D eigenvalue weighted by atomic mass is 9.91. The van der Waals surface area contributed by atoms with E-state index in [-0.39, 0.29) is 11.4 Å². The summed E-state index contributed by atoms with van der Waals surface area (Å²) in [5, 5.41) is 0. The highest BCUT2D eigenvalue weighted by atomic mass is 32.2. The molecule has 0 saturated carbocycles. The fraction of sp³-hybridized carbons (Fsp3) is 0.533. The molecule has 2 aliphatic rings. The van der Waals surface area contributed by atoms with Crippen LogP contribution in [-0.2, 0) is 0 Å². The monoisotopic (exact) mass is 316 g/mol. The third kappa shape index (κ3) is 4.15. The van der Waals surface area contributed by atoms with Crippen molar-refractivity contribution in [3.05, 3.63) is 35.6 Å². The van der Waals surface area contributed by atoms with Gasteiger partial charge in [0.25, 0.3) is 0 Å². The van der Waals surface area contributed by atoms with Crippen molar-refractivity contribution in [2.45, 2.75) is 30.9 Å². The van der Waals surface area contributed by atoms with E-state index in [9.17, 15) is 13.2 Å². The summed E-state index contributed by atoms with van der Waals surface area (Å²) in [6, 6.07) is 0. The minimum absolute atomic E-state index is 0.0486. The molecule has 0 aromatic rings. The first-order valence-electron chi connectivity index (χ1n) is 6.85. The summed E-state index contributed by atoms with van der Waals surface area (Å²) in [6.45, 7) is 0. The van der Waals surface area contributed by atoms with Crippen molar-refractivity contribution < 1.29 is 13.2 Å². The Morgan fingerprint density at radius 1 is 1.43 bits per heavy atom. The van der Waals surface area contributed by atoms with Crippen LogP contribution in [0.2, 0.25) is 0 Å². The van der Waals surface area contributed by atoms with Crippen LogP contribution in [0.4, 0.5) is 13.2 Å². The van der Waals surface area contributed by atoms with Crippen LogP contribution in [0.1, 0.15) is 19.3 Å². The zero-order valence-corrected chi connectivity index (χ0v) is 12.9. The largest absolute Gasteiger partial charge is 0.416 e. The highest BCUT2D eigenvalue weighted by Gasteiger charge is 2.33. The molecule has 0 N–H and O–H groups in total. The van der Waals surface area contributed by atoms with Gasteiger partial charge in [0.1, 0.15) is 0 Å². The van der Waals surface area contributed by atoms with Gasteiger partial charge >= 0.3 is 6.18 Å². The number of allylic oxidation sites excluding steroid dienone is 6. The van der Waals surface area contributed by atoms with Crippen LogP contribution in [0.15, 0.2) is 40.6 Å². The third-order valence-corrected chi connectivity index (χ3v) is 4.59. The smallest absolute Gasteiger partial charge is 0.348 e. The molecule has 0 amide bonds. The van der Waals surface area contributed by atoms with Crippen LogP contribution in [0.5, 0.6) is 0 Å². The van der Waals surface area contributed by atoms with E-state index in [0.29, 0.717) is 6.42 Å². The SMILES string of the molecule is CSC1N=CC=C(CCC2C=C(C(F)(F)F)C=CC2)N1C. The van der Waals surface area contributed by atoms with Gasteiger partial charge in [0.15, 0.2) is 5.50 Å². The van der Waals surface area contributed by atoms with Crippen LogP contribution < -0.4 is 0 Å². The molecular weight excluding hydrogens is 297 g/mol. The maximum absolute atomic E-state index is 12.7. The number of thioether (sulfide) groups is 1. The van der Waals surface area contributed by atoms with Crippen molar-refractivity contribution in [1.29, 1.82) is 0 Å². The summed E-state index contributed by atoms with van der Waals surface area (Å²) in [4.78, 5) is 6.42. The predicted octanol–water partition coefficient (Wildman–Crippen LogP) is 4.38. The third-order valence-electron chi connectivity index (χ3n) is 3.73. The quantitative estimate of drug-likeness (QED) is 0.765. The molecular formula is C15H19F3N2S. The van der Waals surface area contributed by atoms with E-state index in [0.717, 1.165) is 18.5 Å². The van der Waals surface area contributed by atoms with E-state index in [2.05, 4.69) is 9.89 Å². The number of hydrogen-bond acceptors (Lipinski definition) is 3. The number of nitrogens with zero attached hydrogens (tertiary/aromatic N) is 2. The molecule has 2 atom stereocenters. The Morgan fingerprint density at radius 2 is 2.19 bits per heavy atom. The molecule has 0 saturated heterocycles. The zero-order valence-electron chi connectivity index (χ0n) is 12.1. The summed E-state index contributed by atoms with van der Waals surface area (Å²) in [5.41, 5.74) is 0.673. The molecule has 0 aromatic heterocycles. The van der Waals surface area contributed by atoms with Crippen molar-refractivity contribution in [1.82, 2.24) is 4.90 Å². The van der Waals surface area contributed by atoms with Crippen LogP contribution >= 0.6 is 11.8 Å². The number of alkyl halides is 3. The molecule has 0 spiro atoms. The van der Waals surface area contributed by atoms with E-state index < -0.39 is 11.7 Å². The normalized spacial score (nSPS) is 25.9. The molecule has 0 fully saturated rings. The second-order valence-electron chi connectivity index (χ2n) is 5.19. The molecule has 1 heterocycles. The molecule has 21 heavy (non-hydrogen) atoms. The topological polar surface area (TPSA) is 15.6 Å². The number of hydrogen-bond donors (Lipinski definition) is 0. The van der Waals surface area contributed by atoms with Crippen LogP contribution in [0.3, 0.4) is 0 Å². The highest BCUT2D eigenvalue weighted by Crippen LogP contribution is 2.33. The summed E-state index contributed by atoms with van der Waals surface area (Å²) in [5.74, 6) is -0.0486. The van der Waals surface area contributed by atoms with E-state index >= 15 is 0 Å². The Balaban J connectivity index is 1.95. The summed E-state index contributed by atoms with van der Waals surface area (Å²) in [6.07, 6.45) is 7.80. The molecule has 2 unspecified atom stereocenters. The van der Waals surface area contributed by atoms with Crippen molar-refractivity contribution in [2.75, 3.05) is 13.3 Å². The van der Waals surface area contributed by atoms with Gasteiger partial charge in [0, 0.05) is 19.0 Å². The van der Waals surface area contributed by atoms with Crippen LogP contribution in [0, 0.1) is 5.92 Å². The first-order valence-corrected chi connectivity index (χ1v) is 8.14. The molecule has 0 bridgehead atoms. The van der Waals surface area contributed by atoms with Crippen LogP contribution in [0.25, 0.3) is 0 Å². The standard InChI is InChI=1S/C15H19F3N2S/c1-20-13(8-9-19-14(20)21-2)7-6-11-4-3-5-12(10-11)15(16,17)18/h3,5,8-11,14H,4,6-7H2,1-2H3. The predicted molar refractivity (Wildman–Crippen MR) is 82.3 cm³/mol. The van der Waals surface area contributed by atoms with E-state index in [4.69, 9.17) is 0 Å². The van der Waals surface area contributed by atoms with Crippen molar-refractivity contribution in [2.24, 2.45) is 10.9 Å². The minimum Gasteiger partial charge on any atom is -0.348 e. The van der Waals surface area contributed by atoms with Crippen molar-refractivity contribution >= 4 is 18.0 Å². The number of aliphatic imine (C=N–C) groups is 1. The lowest BCUT2D eigenvalue weighted by molar-refractivity contribution is -0.0889. The molecule has 1 aliphatic carbocycles. The Bertz CT molecular complexity index is 492. The van der Waals surface area contributed by atoms with Gasteiger partial charge in [0.2, 0.25) is 0 Å². The van der Waals surface area contributed by atoms with Crippen LogP contribution in [-0.4, -0.2) is 36.1 Å². The summed E-state index contributed by atoms with van der Waals surface area (Å²) >= 11 is 1.64. The molecule has 0 aromatic carbocycles. The van der Waals surface area contributed by atoms with Gasteiger partial charge in [-0.2, -0.15) is 13.2 Å². The molecule has 116 valence electrons. The van der Waals surface area contributed by atoms with Gasteiger partial charge in [0.05, 0.1) is 5.57 Å². The lowest BCUT2D eigenvalue weighted by Crippen LogP contribution is -2.29. The Kier molecular flexibility index (Phi) is 5.19. The van der Waals surface area contributed by atoms with E-state index in [1.54, 1.807) is 24.1 Å². The van der Waals surface area contributed by atoms with E-state index in [1.807, 2.05) is 19.4 Å². The van der Waals surface area contributed by atoms with Gasteiger partial charge in [-0.05, 0) is 37.5 Å². The fourth-order valence-electron chi connectivity index (χ4n) is 2.51. The second-order valence-corrected chi connectivity index (χ2v) is 6.08. The fourth-order valence-corrected chi connectivity index (χ4v) is 3.16. The maximum atomic E-state index is 12.7. The summed E-state index contributed by atoms with van der Waals surface area (Å²) < 4.78 is 38.1. The number of halogens is 3. The molecule has 2 rings (SSSR count). The number of rotatable bonds is 4. The molecule has 1 aliphatic heterocycles. The first-order chi connectivity index (χ1) is 9.91. The van der Waals surface area contributed by atoms with Gasteiger partial charge in [-0.25, -0.2) is 0 Å². The second kappa shape index (κ2) is 6.73. The van der Waals surface area contributed by atoms with Crippen molar-refractivity contribution in [3.8, 4) is 0 Å². The van der Waals surface area contributed by atoms with Gasteiger partial charge in [-0.3, -0.25) is 4.99 Å². The molecule has 2 nitrogen and oxygen atoms in total. The van der Waals surface area contributed by atoms with Gasteiger partial charge < -0.3 is 4.90 Å². The van der Waals surface area contributed by atoms with E-state index in [1.165, 1.54) is 12.2 Å². The summed E-state index contributed by atoms with van der Waals surface area (Å²) in [7, 11) is 1.97. The maximum Gasteiger partial charge on any atom is 0.416 e. The first kappa shape index (κ1) is 16.2. The molecule has 0 radical (unpaired) electrons. The van der Waals surface area contributed by atoms with Crippen molar-refractivity contribution in [3.63, 3.8) is 0 Å². The Labute approximate surface area is 127 Å². The van der Waals surface area contributed by atoms with Gasteiger partial charge in [-0.15, -0.1) is 11.8 Å². The Morgan fingerprint density at radius 3 is 2.86 bits per heavy atom. The van der Waals surface area contributed by atoms with Gasteiger partial charge in [-0.1, -0.05) is 18.2 Å². The Hall–Kier alpha value is -1.17. The molecule has 6 heteroatoms. The zero-order chi connectivity index (χ0) is 15.5. The average Bonchev–Trinajstić information content (AvgIpc) is 2.45. The lowest BCUT2D eigenvalue weighted by Gasteiger charge is -2.31. The average molecular weight is 316 g/mol.